The molecule has 0 saturated carbocycles. The fourth-order valence-corrected chi connectivity index (χ4v) is 3.15. The first kappa shape index (κ1) is 23.0. The highest BCUT2D eigenvalue weighted by atomic mass is 16.6. The summed E-state index contributed by atoms with van der Waals surface area (Å²) in [5.74, 6) is -0.184. The normalized spacial score (nSPS) is 16.3. The second kappa shape index (κ2) is 11.0. The van der Waals surface area contributed by atoms with Crippen LogP contribution in [0.15, 0.2) is 30.3 Å². The van der Waals surface area contributed by atoms with Gasteiger partial charge in [0.2, 0.25) is 5.91 Å². The Hall–Kier alpha value is -2.28. The van der Waals surface area contributed by atoms with Crippen molar-refractivity contribution < 1.29 is 19.1 Å². The second-order valence-electron chi connectivity index (χ2n) is 8.46. The predicted molar refractivity (Wildman–Crippen MR) is 114 cm³/mol. The van der Waals surface area contributed by atoms with Gasteiger partial charge in [-0.3, -0.25) is 9.69 Å². The zero-order valence-electron chi connectivity index (χ0n) is 18.1. The van der Waals surface area contributed by atoms with Crippen LogP contribution in [-0.2, 0) is 14.3 Å². The van der Waals surface area contributed by atoms with Gasteiger partial charge in [0, 0.05) is 32.4 Å². The van der Waals surface area contributed by atoms with Crippen molar-refractivity contribution in [1.29, 1.82) is 0 Å². The molecule has 162 valence electrons. The van der Waals surface area contributed by atoms with Crippen molar-refractivity contribution in [1.82, 2.24) is 10.2 Å². The number of anilines is 1. The minimum atomic E-state index is -0.607. The zero-order chi connectivity index (χ0) is 21.3. The number of para-hydroxylation sites is 1. The SMILES string of the molecule is CN(CCCNC(=O)CN(CC1CCCO1)C(=O)OC(C)(C)C)c1ccccc1. The van der Waals surface area contributed by atoms with Gasteiger partial charge in [-0.2, -0.15) is 0 Å². The summed E-state index contributed by atoms with van der Waals surface area (Å²) in [5.41, 5.74) is 0.538. The number of nitrogens with zero attached hydrogens (tertiary/aromatic N) is 2. The van der Waals surface area contributed by atoms with Crippen molar-refractivity contribution in [2.24, 2.45) is 0 Å². The third-order valence-corrected chi connectivity index (χ3v) is 4.62. The van der Waals surface area contributed by atoms with Crippen molar-refractivity contribution in [2.75, 3.05) is 44.7 Å². The predicted octanol–water partition coefficient (Wildman–Crippen LogP) is 3.05. The average molecular weight is 406 g/mol. The van der Waals surface area contributed by atoms with E-state index in [1.165, 1.54) is 4.90 Å². The Morgan fingerprint density at radius 1 is 1.24 bits per heavy atom. The van der Waals surface area contributed by atoms with Crippen LogP contribution in [0.2, 0.25) is 0 Å². The number of nitrogens with one attached hydrogen (secondary N) is 1. The monoisotopic (exact) mass is 405 g/mol. The number of benzene rings is 1. The van der Waals surface area contributed by atoms with Crippen LogP contribution in [-0.4, -0.2) is 68.4 Å². The van der Waals surface area contributed by atoms with Crippen LogP contribution in [0.3, 0.4) is 0 Å². The van der Waals surface area contributed by atoms with Gasteiger partial charge in [-0.25, -0.2) is 4.79 Å². The van der Waals surface area contributed by atoms with Crippen LogP contribution in [0.1, 0.15) is 40.0 Å². The van der Waals surface area contributed by atoms with E-state index in [0.717, 1.165) is 31.5 Å². The van der Waals surface area contributed by atoms with Gasteiger partial charge in [-0.15, -0.1) is 0 Å². The minimum absolute atomic E-state index is 0.0245. The molecule has 1 atom stereocenters. The molecular weight excluding hydrogens is 370 g/mol. The molecule has 0 spiro atoms. The van der Waals surface area contributed by atoms with E-state index in [4.69, 9.17) is 9.47 Å². The number of rotatable bonds is 9. The van der Waals surface area contributed by atoms with E-state index in [1.807, 2.05) is 46.0 Å². The van der Waals surface area contributed by atoms with E-state index >= 15 is 0 Å². The molecule has 1 N–H and O–H groups in total. The summed E-state index contributed by atoms with van der Waals surface area (Å²) in [6, 6.07) is 10.1. The molecule has 2 rings (SSSR count). The second-order valence-corrected chi connectivity index (χ2v) is 8.46. The molecule has 0 radical (unpaired) electrons. The van der Waals surface area contributed by atoms with Crippen molar-refractivity contribution in [3.8, 4) is 0 Å². The third kappa shape index (κ3) is 8.73. The van der Waals surface area contributed by atoms with Gasteiger partial charge in [0.05, 0.1) is 12.6 Å². The summed E-state index contributed by atoms with van der Waals surface area (Å²) >= 11 is 0. The molecule has 1 aliphatic heterocycles. The zero-order valence-corrected chi connectivity index (χ0v) is 18.1. The molecule has 0 bridgehead atoms. The molecule has 0 aromatic heterocycles. The van der Waals surface area contributed by atoms with Crippen LogP contribution in [0, 0.1) is 0 Å². The molecule has 7 heteroatoms. The molecule has 2 amide bonds. The lowest BCUT2D eigenvalue weighted by molar-refractivity contribution is -0.122. The van der Waals surface area contributed by atoms with E-state index in [2.05, 4.69) is 22.3 Å². The Balaban J connectivity index is 1.77. The quantitative estimate of drug-likeness (QED) is 0.640. The molecule has 1 aliphatic rings. The molecule has 0 aliphatic carbocycles. The molecule has 1 aromatic rings. The topological polar surface area (TPSA) is 71.1 Å². The first-order chi connectivity index (χ1) is 13.7. The fraction of sp³-hybridized carbons (Fsp3) is 0.636. The van der Waals surface area contributed by atoms with Gasteiger partial charge in [-0.05, 0) is 52.2 Å². The highest BCUT2D eigenvalue weighted by Gasteiger charge is 2.28. The van der Waals surface area contributed by atoms with E-state index in [1.54, 1.807) is 0 Å². The van der Waals surface area contributed by atoms with E-state index in [9.17, 15) is 9.59 Å². The van der Waals surface area contributed by atoms with Gasteiger partial charge in [0.15, 0.2) is 0 Å². The van der Waals surface area contributed by atoms with Gasteiger partial charge in [0.25, 0.3) is 0 Å². The van der Waals surface area contributed by atoms with Crippen molar-refractivity contribution in [3.05, 3.63) is 30.3 Å². The molecule has 1 aromatic carbocycles. The fourth-order valence-electron chi connectivity index (χ4n) is 3.15. The highest BCUT2D eigenvalue weighted by Crippen LogP contribution is 2.16. The highest BCUT2D eigenvalue weighted by molar-refractivity contribution is 5.82. The smallest absolute Gasteiger partial charge is 0.410 e. The first-order valence-corrected chi connectivity index (χ1v) is 10.4. The maximum absolute atomic E-state index is 12.5. The van der Waals surface area contributed by atoms with Crippen LogP contribution in [0.5, 0.6) is 0 Å². The molecule has 1 unspecified atom stereocenters. The number of carbonyl (C=O) groups is 2. The number of amides is 2. The number of ether oxygens (including phenoxy) is 2. The third-order valence-electron chi connectivity index (χ3n) is 4.62. The Morgan fingerprint density at radius 2 is 1.97 bits per heavy atom. The van der Waals surface area contributed by atoms with Gasteiger partial charge < -0.3 is 19.7 Å². The first-order valence-electron chi connectivity index (χ1n) is 10.4. The Morgan fingerprint density at radius 3 is 2.59 bits per heavy atom. The number of carbonyl (C=O) groups excluding carboxylic acids is 2. The van der Waals surface area contributed by atoms with Gasteiger partial charge in [0.1, 0.15) is 12.1 Å². The maximum Gasteiger partial charge on any atom is 0.410 e. The molecule has 29 heavy (non-hydrogen) atoms. The maximum atomic E-state index is 12.5. The summed E-state index contributed by atoms with van der Waals surface area (Å²) in [6.07, 6.45) is 2.18. The summed E-state index contributed by atoms with van der Waals surface area (Å²) in [5, 5.41) is 2.91. The summed E-state index contributed by atoms with van der Waals surface area (Å²) in [6.45, 7) is 7.89. The molecule has 1 heterocycles. The van der Waals surface area contributed by atoms with Gasteiger partial charge in [-0.1, -0.05) is 18.2 Å². The average Bonchev–Trinajstić information content (AvgIpc) is 3.17. The van der Waals surface area contributed by atoms with Gasteiger partial charge >= 0.3 is 6.09 Å². The van der Waals surface area contributed by atoms with E-state index in [0.29, 0.717) is 19.7 Å². The largest absolute Gasteiger partial charge is 0.444 e. The molecule has 1 fully saturated rings. The lowest BCUT2D eigenvalue weighted by Crippen LogP contribution is -2.46. The lowest BCUT2D eigenvalue weighted by atomic mass is 10.2. The number of hydrogen-bond donors (Lipinski definition) is 1. The lowest BCUT2D eigenvalue weighted by Gasteiger charge is -2.28. The van der Waals surface area contributed by atoms with Crippen molar-refractivity contribution in [3.63, 3.8) is 0 Å². The Labute approximate surface area is 174 Å². The Bertz CT molecular complexity index is 639. The number of hydrogen-bond acceptors (Lipinski definition) is 5. The molecular formula is C22H35N3O4. The Kier molecular flexibility index (Phi) is 8.76. The van der Waals surface area contributed by atoms with Crippen molar-refractivity contribution in [2.45, 2.75) is 51.7 Å². The van der Waals surface area contributed by atoms with Crippen molar-refractivity contribution >= 4 is 17.7 Å². The van der Waals surface area contributed by atoms with Crippen LogP contribution >= 0.6 is 0 Å². The summed E-state index contributed by atoms with van der Waals surface area (Å²) in [4.78, 5) is 28.5. The summed E-state index contributed by atoms with van der Waals surface area (Å²) < 4.78 is 11.1. The minimum Gasteiger partial charge on any atom is -0.444 e. The molecule has 1 saturated heterocycles. The molecule has 7 nitrogen and oxygen atoms in total. The van der Waals surface area contributed by atoms with E-state index in [-0.39, 0.29) is 18.6 Å². The summed E-state index contributed by atoms with van der Waals surface area (Å²) in [7, 11) is 2.03. The van der Waals surface area contributed by atoms with Crippen LogP contribution in [0.25, 0.3) is 0 Å². The standard InChI is InChI=1S/C22H35N3O4/c1-22(2,3)29-21(27)25(16-19-12-8-15-28-19)17-20(26)23-13-9-14-24(4)18-10-6-5-7-11-18/h5-7,10-11,19H,8-9,12-17H2,1-4H3,(H,23,26). The van der Waals surface area contributed by atoms with E-state index < -0.39 is 11.7 Å². The van der Waals surface area contributed by atoms with Crippen LogP contribution < -0.4 is 10.2 Å². The van der Waals surface area contributed by atoms with Crippen LogP contribution in [0.4, 0.5) is 10.5 Å².